The van der Waals surface area contributed by atoms with Crippen LogP contribution in [0.2, 0.25) is 0 Å². The Bertz CT molecular complexity index is 222. The van der Waals surface area contributed by atoms with E-state index in [4.69, 9.17) is 10.2 Å². The van der Waals surface area contributed by atoms with Gasteiger partial charge in [-0.1, -0.05) is 0 Å². The first-order valence-electron chi connectivity index (χ1n) is 4.44. The van der Waals surface area contributed by atoms with Crippen LogP contribution in [0.4, 0.5) is 0 Å². The van der Waals surface area contributed by atoms with Crippen molar-refractivity contribution in [2.45, 2.75) is 31.2 Å². The molecule has 14 heavy (non-hydrogen) atoms. The van der Waals surface area contributed by atoms with Crippen molar-refractivity contribution >= 4 is 5.97 Å². The number of likely N-dealkylation sites (tertiary alicyclic amines) is 1. The van der Waals surface area contributed by atoms with E-state index in [0.717, 1.165) is 0 Å². The molecule has 1 saturated heterocycles. The van der Waals surface area contributed by atoms with Crippen molar-refractivity contribution < 1.29 is 25.2 Å². The largest absolute Gasteiger partial charge is 0.480 e. The summed E-state index contributed by atoms with van der Waals surface area (Å²) in [4.78, 5) is 12.1. The summed E-state index contributed by atoms with van der Waals surface area (Å²) < 4.78 is 0. The van der Waals surface area contributed by atoms with Crippen LogP contribution < -0.4 is 0 Å². The predicted molar refractivity (Wildman–Crippen MR) is 46.7 cm³/mol. The Morgan fingerprint density at radius 3 is 2.57 bits per heavy atom. The van der Waals surface area contributed by atoms with E-state index >= 15 is 0 Å². The molecule has 0 bridgehead atoms. The van der Waals surface area contributed by atoms with Gasteiger partial charge in [-0.05, 0) is 6.92 Å². The zero-order valence-corrected chi connectivity index (χ0v) is 7.87. The van der Waals surface area contributed by atoms with Crippen LogP contribution in [-0.4, -0.2) is 68.7 Å². The third-order valence-corrected chi connectivity index (χ3v) is 2.65. The van der Waals surface area contributed by atoms with Gasteiger partial charge < -0.3 is 20.4 Å². The van der Waals surface area contributed by atoms with Crippen LogP contribution in [-0.2, 0) is 4.79 Å². The topological polar surface area (TPSA) is 101 Å². The van der Waals surface area contributed by atoms with Crippen LogP contribution in [0, 0.1) is 0 Å². The molecule has 0 aromatic heterocycles. The Kier molecular flexibility index (Phi) is 3.43. The summed E-state index contributed by atoms with van der Waals surface area (Å²) in [5, 5.41) is 36.4. The summed E-state index contributed by atoms with van der Waals surface area (Å²) in [6.07, 6.45) is -2.07. The Morgan fingerprint density at radius 2 is 2.14 bits per heavy atom. The number of β-amino-alcohol motifs (C(OH)–C–C–N with tert-alkyl or cyclic N) is 1. The fourth-order valence-corrected chi connectivity index (χ4v) is 1.71. The lowest BCUT2D eigenvalue weighted by Gasteiger charge is -2.27. The first-order chi connectivity index (χ1) is 6.49. The second-order valence-corrected chi connectivity index (χ2v) is 3.52. The van der Waals surface area contributed by atoms with Gasteiger partial charge in [-0.2, -0.15) is 0 Å². The van der Waals surface area contributed by atoms with Crippen molar-refractivity contribution in [2.24, 2.45) is 0 Å². The quantitative estimate of drug-likeness (QED) is 0.419. The van der Waals surface area contributed by atoms with Crippen LogP contribution in [0.15, 0.2) is 0 Å². The van der Waals surface area contributed by atoms with E-state index in [-0.39, 0.29) is 13.2 Å². The summed E-state index contributed by atoms with van der Waals surface area (Å²) in [7, 11) is 0. The lowest BCUT2D eigenvalue weighted by atomic mass is 10.1. The van der Waals surface area contributed by atoms with E-state index in [2.05, 4.69) is 0 Å². The van der Waals surface area contributed by atoms with E-state index in [0.29, 0.717) is 0 Å². The number of hydrogen-bond donors (Lipinski definition) is 4. The molecular formula is C8H15NO5. The van der Waals surface area contributed by atoms with Crippen molar-refractivity contribution in [1.29, 1.82) is 0 Å². The Balaban J connectivity index is 2.74. The number of carbonyl (C=O) groups is 1. The van der Waals surface area contributed by atoms with Gasteiger partial charge in [0.25, 0.3) is 0 Å². The molecule has 1 heterocycles. The summed E-state index contributed by atoms with van der Waals surface area (Å²) in [6, 6.07) is -1.52. The number of aliphatic carboxylic acids is 1. The van der Waals surface area contributed by atoms with Crippen molar-refractivity contribution in [3.05, 3.63) is 0 Å². The molecule has 0 spiro atoms. The SMILES string of the molecule is C[C@@H](C(=O)O)N1C[C@@H](O)[C@H](O)[C@@H]1CO. The van der Waals surface area contributed by atoms with E-state index in [1.807, 2.05) is 0 Å². The van der Waals surface area contributed by atoms with E-state index in [1.54, 1.807) is 0 Å². The molecule has 0 aromatic rings. The predicted octanol–water partition coefficient (Wildman–Crippen LogP) is -2.14. The standard InChI is InChI=1S/C8H15NO5/c1-4(8(13)14)9-2-6(11)7(12)5(9)3-10/h4-7,10-12H,2-3H2,1H3,(H,13,14)/t4-,5-,6+,7+/m0/s1. The minimum absolute atomic E-state index is 0.0693. The van der Waals surface area contributed by atoms with Gasteiger partial charge in [-0.15, -0.1) is 0 Å². The van der Waals surface area contributed by atoms with E-state index in [1.165, 1.54) is 11.8 Å². The summed E-state index contributed by atoms with van der Waals surface area (Å²) >= 11 is 0. The molecular weight excluding hydrogens is 190 g/mol. The Hall–Kier alpha value is -0.690. The Morgan fingerprint density at radius 1 is 1.57 bits per heavy atom. The lowest BCUT2D eigenvalue weighted by Crippen LogP contribution is -2.46. The highest BCUT2D eigenvalue weighted by Gasteiger charge is 2.43. The zero-order chi connectivity index (χ0) is 10.9. The molecule has 0 aliphatic carbocycles. The number of aliphatic hydroxyl groups is 3. The van der Waals surface area contributed by atoms with Crippen LogP contribution in [0.25, 0.3) is 0 Å². The number of hydrogen-bond acceptors (Lipinski definition) is 5. The summed E-state index contributed by atoms with van der Waals surface area (Å²) in [5.74, 6) is -1.04. The first-order valence-corrected chi connectivity index (χ1v) is 4.44. The van der Waals surface area contributed by atoms with Crippen LogP contribution in [0.3, 0.4) is 0 Å². The van der Waals surface area contributed by atoms with Crippen molar-refractivity contribution in [2.75, 3.05) is 13.2 Å². The first kappa shape index (κ1) is 11.4. The van der Waals surface area contributed by atoms with Gasteiger partial charge in [0, 0.05) is 6.54 Å². The maximum Gasteiger partial charge on any atom is 0.320 e. The van der Waals surface area contributed by atoms with Crippen molar-refractivity contribution in [1.82, 2.24) is 4.90 Å². The molecule has 4 N–H and O–H groups in total. The molecule has 4 atom stereocenters. The maximum absolute atomic E-state index is 10.7. The molecule has 0 saturated carbocycles. The molecule has 1 rings (SSSR count). The van der Waals surface area contributed by atoms with E-state index < -0.39 is 30.3 Å². The summed E-state index contributed by atoms with van der Waals surface area (Å²) in [5.41, 5.74) is 0. The normalized spacial score (nSPS) is 35.9. The van der Waals surface area contributed by atoms with Crippen molar-refractivity contribution in [3.63, 3.8) is 0 Å². The van der Waals surface area contributed by atoms with Gasteiger partial charge in [-0.3, -0.25) is 9.69 Å². The van der Waals surface area contributed by atoms with Gasteiger partial charge in [0.1, 0.15) is 6.04 Å². The summed E-state index contributed by atoms with van der Waals surface area (Å²) in [6.45, 7) is 1.16. The molecule has 0 radical (unpaired) electrons. The van der Waals surface area contributed by atoms with Crippen LogP contribution in [0.5, 0.6) is 0 Å². The molecule has 0 aromatic carbocycles. The Labute approximate surface area is 81.4 Å². The van der Waals surface area contributed by atoms with Gasteiger partial charge in [0.05, 0.1) is 24.9 Å². The fourth-order valence-electron chi connectivity index (χ4n) is 1.71. The number of nitrogens with zero attached hydrogens (tertiary/aromatic N) is 1. The third kappa shape index (κ3) is 1.88. The molecule has 0 amide bonds. The van der Waals surface area contributed by atoms with Gasteiger partial charge >= 0.3 is 5.97 Å². The molecule has 6 heteroatoms. The average Bonchev–Trinajstić information content (AvgIpc) is 2.41. The smallest absolute Gasteiger partial charge is 0.320 e. The van der Waals surface area contributed by atoms with Crippen LogP contribution in [0.1, 0.15) is 6.92 Å². The highest BCUT2D eigenvalue weighted by Crippen LogP contribution is 2.20. The molecule has 6 nitrogen and oxygen atoms in total. The highest BCUT2D eigenvalue weighted by atomic mass is 16.4. The second-order valence-electron chi connectivity index (χ2n) is 3.52. The molecule has 1 fully saturated rings. The van der Waals surface area contributed by atoms with Gasteiger partial charge in [0.15, 0.2) is 0 Å². The molecule has 0 unspecified atom stereocenters. The second kappa shape index (κ2) is 4.22. The van der Waals surface area contributed by atoms with Crippen LogP contribution >= 0.6 is 0 Å². The van der Waals surface area contributed by atoms with Crippen molar-refractivity contribution in [3.8, 4) is 0 Å². The number of aliphatic hydroxyl groups excluding tert-OH is 3. The zero-order valence-electron chi connectivity index (χ0n) is 7.87. The lowest BCUT2D eigenvalue weighted by molar-refractivity contribution is -0.143. The average molecular weight is 205 g/mol. The number of carboxylic acid groups (broad SMARTS) is 1. The highest BCUT2D eigenvalue weighted by molar-refractivity contribution is 5.73. The molecule has 1 aliphatic heterocycles. The third-order valence-electron chi connectivity index (χ3n) is 2.65. The molecule has 82 valence electrons. The maximum atomic E-state index is 10.7. The molecule has 1 aliphatic rings. The minimum Gasteiger partial charge on any atom is -0.480 e. The van der Waals surface area contributed by atoms with Gasteiger partial charge in [-0.25, -0.2) is 0 Å². The monoisotopic (exact) mass is 205 g/mol. The number of rotatable bonds is 3. The fraction of sp³-hybridized carbons (Fsp3) is 0.875. The minimum atomic E-state index is -1.08. The van der Waals surface area contributed by atoms with E-state index in [9.17, 15) is 15.0 Å². The van der Waals surface area contributed by atoms with Gasteiger partial charge in [0.2, 0.25) is 0 Å². The number of carboxylic acids is 1.